The zero-order chi connectivity index (χ0) is 6.57. The second kappa shape index (κ2) is 3.53. The largest absolute Gasteiger partial charge is 0.612 e. The fourth-order valence-corrected chi connectivity index (χ4v) is 0.336. The van der Waals surface area contributed by atoms with Crippen molar-refractivity contribution in [3.05, 3.63) is 10.1 Å². The molecule has 0 spiro atoms. The van der Waals surface area contributed by atoms with E-state index < -0.39 is 10.5 Å². The van der Waals surface area contributed by atoms with E-state index in [9.17, 15) is 14.9 Å². The number of hydrogen-bond acceptors (Lipinski definition) is 4. The maximum absolute atomic E-state index is 10.1. The second-order valence-corrected chi connectivity index (χ2v) is 1.67. The lowest BCUT2D eigenvalue weighted by Crippen LogP contribution is -3.02. The van der Waals surface area contributed by atoms with Crippen LogP contribution in [0.25, 0.3) is 0 Å². The first-order chi connectivity index (χ1) is 3.72. The highest BCUT2D eigenvalue weighted by Gasteiger charge is 2.07. The Morgan fingerprint density at radius 3 is 2.50 bits per heavy atom. The predicted octanol–water partition coefficient (Wildman–Crippen LogP) is -0.466. The highest BCUT2D eigenvalue weighted by atomic mass is 32.2. The van der Waals surface area contributed by atoms with Crippen molar-refractivity contribution in [2.75, 3.05) is 6.26 Å². The van der Waals surface area contributed by atoms with Gasteiger partial charge in [-0.05, 0) is 0 Å². The van der Waals surface area contributed by atoms with Crippen molar-refractivity contribution >= 4 is 18.0 Å². The molecule has 0 radical (unpaired) electrons. The molecule has 0 fully saturated rings. The van der Waals surface area contributed by atoms with Crippen LogP contribution in [0.15, 0.2) is 5.18 Å². The molecule has 0 rings (SSSR count). The first kappa shape index (κ1) is 7.54. The molecule has 0 aromatic carbocycles. The summed E-state index contributed by atoms with van der Waals surface area (Å²) < 4.78 is -0.819. The maximum Gasteiger partial charge on any atom is 0.488 e. The average Bonchev–Trinajstić information content (AvgIpc) is 1.84. The molecular formula is C2H4N2O3S. The molecule has 0 aliphatic carbocycles. The number of nitroso groups, excluding NO2 is 1. The van der Waals surface area contributed by atoms with Crippen LogP contribution in [-0.4, -0.2) is 12.3 Å². The number of nitrogens with zero attached hydrogens (tertiary/aromatic N) is 1. The SMILES string of the molecule is CS[NH+]([O-])C(=O)N=O. The zero-order valence-electron chi connectivity index (χ0n) is 4.08. The molecule has 0 aromatic heterocycles. The van der Waals surface area contributed by atoms with E-state index in [-0.39, 0.29) is 0 Å². The van der Waals surface area contributed by atoms with Crippen molar-refractivity contribution < 1.29 is 9.26 Å². The van der Waals surface area contributed by atoms with E-state index in [4.69, 9.17) is 0 Å². The third-order valence-corrected chi connectivity index (χ3v) is 0.988. The van der Waals surface area contributed by atoms with Crippen LogP contribution in [0.4, 0.5) is 4.79 Å². The van der Waals surface area contributed by atoms with Gasteiger partial charge in [0.15, 0.2) is 0 Å². The fraction of sp³-hybridized carbons (Fsp3) is 0.500. The molecule has 1 unspecified atom stereocenters. The van der Waals surface area contributed by atoms with Crippen LogP contribution in [0.2, 0.25) is 0 Å². The van der Waals surface area contributed by atoms with Crippen molar-refractivity contribution in [2.24, 2.45) is 5.18 Å². The first-order valence-corrected chi connectivity index (χ1v) is 2.90. The number of carbonyl (C=O) groups excluding carboxylic acids is 1. The van der Waals surface area contributed by atoms with Gasteiger partial charge in [0.2, 0.25) is 0 Å². The van der Waals surface area contributed by atoms with E-state index in [1.165, 1.54) is 6.26 Å². The van der Waals surface area contributed by atoms with Crippen molar-refractivity contribution in [3.8, 4) is 0 Å². The van der Waals surface area contributed by atoms with Gasteiger partial charge in [-0.1, -0.05) is 0 Å². The molecule has 2 amide bonds. The third-order valence-electron chi connectivity index (χ3n) is 0.443. The van der Waals surface area contributed by atoms with Crippen LogP contribution < -0.4 is 4.47 Å². The number of amides is 2. The van der Waals surface area contributed by atoms with E-state index >= 15 is 0 Å². The smallest absolute Gasteiger partial charge is 0.488 e. The summed E-state index contributed by atoms with van der Waals surface area (Å²) >= 11 is 0.675. The molecule has 0 bridgehead atoms. The monoisotopic (exact) mass is 136 g/mol. The Hall–Kier alpha value is -0.460. The van der Waals surface area contributed by atoms with Gasteiger partial charge in [0.1, 0.15) is 0 Å². The molecule has 8 heavy (non-hydrogen) atoms. The number of quaternary nitrogens is 1. The Bertz CT molecular complexity index is 105. The molecule has 0 aliphatic rings. The number of carbonyl (C=O) groups is 1. The molecule has 6 heteroatoms. The molecule has 1 atom stereocenters. The van der Waals surface area contributed by atoms with Crippen LogP contribution in [0.5, 0.6) is 0 Å². The highest BCUT2D eigenvalue weighted by molar-refractivity contribution is 7.92. The van der Waals surface area contributed by atoms with Crippen LogP contribution >= 0.6 is 11.9 Å². The average molecular weight is 136 g/mol. The van der Waals surface area contributed by atoms with Crippen LogP contribution in [-0.2, 0) is 0 Å². The standard InChI is InChI=1S/C2H4N2O3S/c1-8-4(7)2(5)3-6/h4H,1H3. The van der Waals surface area contributed by atoms with E-state index in [0.29, 0.717) is 11.9 Å². The molecule has 5 nitrogen and oxygen atoms in total. The number of rotatable bonds is 1. The summed E-state index contributed by atoms with van der Waals surface area (Å²) in [4.78, 5) is 19.2. The van der Waals surface area contributed by atoms with Crippen LogP contribution in [0.1, 0.15) is 0 Å². The molecule has 1 N–H and O–H groups in total. The van der Waals surface area contributed by atoms with Crippen molar-refractivity contribution in [2.45, 2.75) is 0 Å². The Labute approximate surface area is 49.7 Å². The van der Waals surface area contributed by atoms with Crippen LogP contribution in [0, 0.1) is 10.1 Å². The van der Waals surface area contributed by atoms with Gasteiger partial charge in [0, 0.05) is 6.26 Å². The number of hydroxylamine groups is 1. The van der Waals surface area contributed by atoms with Gasteiger partial charge >= 0.3 is 6.03 Å². The summed E-state index contributed by atoms with van der Waals surface area (Å²) in [7, 11) is 0. The van der Waals surface area contributed by atoms with Gasteiger partial charge in [-0.15, -0.1) is 4.91 Å². The van der Waals surface area contributed by atoms with Crippen LogP contribution in [0.3, 0.4) is 0 Å². The van der Waals surface area contributed by atoms with Gasteiger partial charge < -0.3 is 5.21 Å². The number of urea groups is 1. The van der Waals surface area contributed by atoms with E-state index in [2.05, 4.69) is 0 Å². The lowest BCUT2D eigenvalue weighted by Gasteiger charge is -2.07. The highest BCUT2D eigenvalue weighted by Crippen LogP contribution is 1.72. The summed E-state index contributed by atoms with van der Waals surface area (Å²) in [6.45, 7) is 0. The molecular weight excluding hydrogens is 132 g/mol. The first-order valence-electron chi connectivity index (χ1n) is 1.68. The van der Waals surface area contributed by atoms with Crippen molar-refractivity contribution in [3.63, 3.8) is 0 Å². The lowest BCUT2D eigenvalue weighted by molar-refractivity contribution is -0.590. The lowest BCUT2D eigenvalue weighted by atomic mass is 11.2. The Balaban J connectivity index is 3.62. The van der Waals surface area contributed by atoms with Crippen molar-refractivity contribution in [1.29, 1.82) is 0 Å². The quantitative estimate of drug-likeness (QED) is 0.300. The molecule has 0 saturated heterocycles. The second-order valence-electron chi connectivity index (χ2n) is 0.888. The van der Waals surface area contributed by atoms with E-state index in [1.807, 2.05) is 5.18 Å². The van der Waals surface area contributed by atoms with Gasteiger partial charge in [0.25, 0.3) is 0 Å². The normalized spacial score (nSPS) is 12.8. The fourth-order valence-electron chi connectivity index (χ4n) is 0.125. The van der Waals surface area contributed by atoms with Gasteiger partial charge in [-0.25, -0.2) is 4.47 Å². The summed E-state index contributed by atoms with van der Waals surface area (Å²) in [5.74, 6) is 0. The maximum atomic E-state index is 10.1. The number of hydrogen-bond donors (Lipinski definition) is 1. The minimum Gasteiger partial charge on any atom is -0.612 e. The Kier molecular flexibility index (Phi) is 3.33. The summed E-state index contributed by atoms with van der Waals surface area (Å²) in [5.41, 5.74) is 0. The Morgan fingerprint density at radius 1 is 1.88 bits per heavy atom. The van der Waals surface area contributed by atoms with Gasteiger partial charge in [0.05, 0.1) is 17.1 Å². The van der Waals surface area contributed by atoms with Crippen molar-refractivity contribution in [1.82, 2.24) is 0 Å². The minimum atomic E-state index is -1.22. The number of nitrogens with one attached hydrogen (secondary N) is 1. The molecule has 46 valence electrons. The van der Waals surface area contributed by atoms with Gasteiger partial charge in [-0.3, -0.25) is 0 Å². The topological polar surface area (TPSA) is 74.0 Å². The van der Waals surface area contributed by atoms with E-state index in [0.717, 1.165) is 0 Å². The third kappa shape index (κ3) is 2.01. The summed E-state index contributed by atoms with van der Waals surface area (Å²) in [6.07, 6.45) is 1.41. The Morgan fingerprint density at radius 2 is 2.38 bits per heavy atom. The molecule has 0 aliphatic heterocycles. The summed E-state index contributed by atoms with van der Waals surface area (Å²) in [6, 6.07) is -1.22. The zero-order valence-corrected chi connectivity index (χ0v) is 4.90. The predicted molar refractivity (Wildman–Crippen MR) is 29.0 cm³/mol. The molecule has 0 aromatic rings. The molecule has 0 saturated carbocycles. The van der Waals surface area contributed by atoms with E-state index in [1.54, 1.807) is 0 Å². The molecule has 0 heterocycles. The summed E-state index contributed by atoms with van der Waals surface area (Å²) in [5, 5.41) is 12.0. The minimum absolute atomic E-state index is 0.675. The van der Waals surface area contributed by atoms with Gasteiger partial charge in [-0.2, -0.15) is 4.79 Å².